The second-order valence-electron chi connectivity index (χ2n) is 6.03. The molecule has 0 amide bonds. The lowest BCUT2D eigenvalue weighted by atomic mass is 9.72. The standard InChI is InChI=1S/C13H28N2/c1-11-12(13(2,3)4)7-5-9-15(11)10-6-8-14/h11-12H,5-10,14H2,1-4H3. The van der Waals surface area contributed by atoms with Gasteiger partial charge in [0.05, 0.1) is 0 Å². The highest BCUT2D eigenvalue weighted by Crippen LogP contribution is 2.37. The summed E-state index contributed by atoms with van der Waals surface area (Å²) in [5.74, 6) is 0.837. The molecule has 1 saturated heterocycles. The van der Waals surface area contributed by atoms with Gasteiger partial charge in [0.25, 0.3) is 0 Å². The van der Waals surface area contributed by atoms with Crippen LogP contribution in [0.3, 0.4) is 0 Å². The molecule has 1 aliphatic rings. The van der Waals surface area contributed by atoms with Gasteiger partial charge < -0.3 is 10.6 Å². The van der Waals surface area contributed by atoms with Crippen molar-refractivity contribution in [2.24, 2.45) is 17.1 Å². The molecule has 1 aliphatic heterocycles. The molecular formula is C13H28N2. The van der Waals surface area contributed by atoms with Gasteiger partial charge in [-0.3, -0.25) is 0 Å². The first-order valence-corrected chi connectivity index (χ1v) is 6.41. The van der Waals surface area contributed by atoms with Crippen LogP contribution in [0.4, 0.5) is 0 Å². The SMILES string of the molecule is CC1C(C(C)(C)C)CCCN1CCCN. The molecule has 0 aliphatic carbocycles. The van der Waals surface area contributed by atoms with Crippen molar-refractivity contribution in [2.75, 3.05) is 19.6 Å². The summed E-state index contributed by atoms with van der Waals surface area (Å²) in [6.45, 7) is 12.8. The minimum Gasteiger partial charge on any atom is -0.330 e. The Kier molecular flexibility index (Phi) is 4.60. The van der Waals surface area contributed by atoms with E-state index in [1.165, 1.54) is 25.9 Å². The first kappa shape index (κ1) is 13.0. The summed E-state index contributed by atoms with van der Waals surface area (Å²) >= 11 is 0. The van der Waals surface area contributed by atoms with Crippen molar-refractivity contribution in [1.29, 1.82) is 0 Å². The summed E-state index contributed by atoms with van der Waals surface area (Å²) in [5.41, 5.74) is 6.03. The fourth-order valence-corrected chi connectivity index (χ4v) is 2.98. The van der Waals surface area contributed by atoms with Crippen molar-refractivity contribution in [3.63, 3.8) is 0 Å². The van der Waals surface area contributed by atoms with Crippen molar-refractivity contribution in [3.8, 4) is 0 Å². The second kappa shape index (κ2) is 5.31. The van der Waals surface area contributed by atoms with E-state index in [1.807, 2.05) is 0 Å². The van der Waals surface area contributed by atoms with Gasteiger partial charge in [0.2, 0.25) is 0 Å². The predicted molar refractivity (Wildman–Crippen MR) is 66.9 cm³/mol. The van der Waals surface area contributed by atoms with E-state index in [0.29, 0.717) is 5.41 Å². The van der Waals surface area contributed by atoms with Gasteiger partial charge in [-0.15, -0.1) is 0 Å². The number of rotatable bonds is 3. The van der Waals surface area contributed by atoms with Crippen LogP contribution in [-0.2, 0) is 0 Å². The fraction of sp³-hybridized carbons (Fsp3) is 1.00. The summed E-state index contributed by atoms with van der Waals surface area (Å²) in [6.07, 6.45) is 3.89. The van der Waals surface area contributed by atoms with Crippen LogP contribution in [0, 0.1) is 11.3 Å². The Morgan fingerprint density at radius 2 is 2.00 bits per heavy atom. The van der Waals surface area contributed by atoms with Crippen LogP contribution in [0.2, 0.25) is 0 Å². The average molecular weight is 212 g/mol. The van der Waals surface area contributed by atoms with E-state index in [1.54, 1.807) is 0 Å². The van der Waals surface area contributed by atoms with Gasteiger partial charge >= 0.3 is 0 Å². The molecule has 0 aromatic heterocycles. The summed E-state index contributed by atoms with van der Waals surface area (Å²) in [5, 5.41) is 0. The highest BCUT2D eigenvalue weighted by Gasteiger charge is 2.35. The fourth-order valence-electron chi connectivity index (χ4n) is 2.98. The van der Waals surface area contributed by atoms with Crippen molar-refractivity contribution >= 4 is 0 Å². The summed E-state index contributed by atoms with van der Waals surface area (Å²) in [6, 6.07) is 0.727. The predicted octanol–water partition coefficient (Wildman–Crippen LogP) is 2.48. The molecule has 2 unspecified atom stereocenters. The number of likely N-dealkylation sites (tertiary alicyclic amines) is 1. The monoisotopic (exact) mass is 212 g/mol. The van der Waals surface area contributed by atoms with E-state index in [-0.39, 0.29) is 0 Å². The quantitative estimate of drug-likeness (QED) is 0.779. The zero-order chi connectivity index (χ0) is 11.5. The molecule has 2 nitrogen and oxygen atoms in total. The Balaban J connectivity index is 2.55. The van der Waals surface area contributed by atoms with Crippen LogP contribution < -0.4 is 5.73 Å². The van der Waals surface area contributed by atoms with Crippen LogP contribution >= 0.6 is 0 Å². The van der Waals surface area contributed by atoms with E-state index in [0.717, 1.165) is 24.9 Å². The van der Waals surface area contributed by atoms with E-state index >= 15 is 0 Å². The van der Waals surface area contributed by atoms with Crippen molar-refractivity contribution in [2.45, 2.75) is 53.0 Å². The van der Waals surface area contributed by atoms with Gasteiger partial charge in [-0.2, -0.15) is 0 Å². The number of nitrogens with zero attached hydrogens (tertiary/aromatic N) is 1. The van der Waals surface area contributed by atoms with Gasteiger partial charge in [-0.1, -0.05) is 20.8 Å². The molecule has 15 heavy (non-hydrogen) atoms. The number of hydrogen-bond donors (Lipinski definition) is 1. The minimum absolute atomic E-state index is 0.445. The highest BCUT2D eigenvalue weighted by molar-refractivity contribution is 4.87. The van der Waals surface area contributed by atoms with Gasteiger partial charge in [-0.05, 0) is 57.2 Å². The van der Waals surface area contributed by atoms with Crippen molar-refractivity contribution < 1.29 is 0 Å². The molecular weight excluding hydrogens is 184 g/mol. The Morgan fingerprint density at radius 3 is 2.53 bits per heavy atom. The second-order valence-corrected chi connectivity index (χ2v) is 6.03. The Bertz CT molecular complexity index is 183. The first-order valence-electron chi connectivity index (χ1n) is 6.41. The topological polar surface area (TPSA) is 29.3 Å². The van der Waals surface area contributed by atoms with Crippen LogP contribution in [0.25, 0.3) is 0 Å². The van der Waals surface area contributed by atoms with Crippen LogP contribution in [-0.4, -0.2) is 30.6 Å². The molecule has 1 rings (SSSR count). The van der Waals surface area contributed by atoms with Gasteiger partial charge in [0.15, 0.2) is 0 Å². The lowest BCUT2D eigenvalue weighted by Crippen LogP contribution is -2.48. The third kappa shape index (κ3) is 3.46. The minimum atomic E-state index is 0.445. The molecule has 90 valence electrons. The summed E-state index contributed by atoms with van der Waals surface area (Å²) in [4.78, 5) is 2.63. The molecule has 2 N–H and O–H groups in total. The largest absolute Gasteiger partial charge is 0.330 e. The Morgan fingerprint density at radius 1 is 1.33 bits per heavy atom. The number of piperidine rings is 1. The van der Waals surface area contributed by atoms with Crippen molar-refractivity contribution in [1.82, 2.24) is 4.90 Å². The third-order valence-electron chi connectivity index (χ3n) is 3.88. The lowest BCUT2D eigenvalue weighted by Gasteiger charge is -2.45. The number of nitrogens with two attached hydrogens (primary N) is 1. The number of hydrogen-bond acceptors (Lipinski definition) is 2. The van der Waals surface area contributed by atoms with Gasteiger partial charge in [0.1, 0.15) is 0 Å². The molecule has 0 spiro atoms. The van der Waals surface area contributed by atoms with Gasteiger partial charge in [-0.25, -0.2) is 0 Å². The van der Waals surface area contributed by atoms with Crippen LogP contribution in [0.1, 0.15) is 47.0 Å². The maximum Gasteiger partial charge on any atom is 0.0100 e. The van der Waals surface area contributed by atoms with E-state index in [2.05, 4.69) is 32.6 Å². The third-order valence-corrected chi connectivity index (χ3v) is 3.88. The molecule has 1 fully saturated rings. The highest BCUT2D eigenvalue weighted by atomic mass is 15.2. The molecule has 0 saturated carbocycles. The molecule has 0 bridgehead atoms. The normalized spacial score (nSPS) is 29.4. The van der Waals surface area contributed by atoms with Crippen LogP contribution in [0.5, 0.6) is 0 Å². The molecule has 1 heterocycles. The maximum absolute atomic E-state index is 5.58. The van der Waals surface area contributed by atoms with E-state index < -0.39 is 0 Å². The zero-order valence-corrected chi connectivity index (χ0v) is 10.9. The van der Waals surface area contributed by atoms with E-state index in [9.17, 15) is 0 Å². The molecule has 2 atom stereocenters. The average Bonchev–Trinajstić information content (AvgIpc) is 2.14. The molecule has 0 aromatic rings. The molecule has 0 radical (unpaired) electrons. The maximum atomic E-state index is 5.58. The van der Waals surface area contributed by atoms with Crippen LogP contribution in [0.15, 0.2) is 0 Å². The Hall–Kier alpha value is -0.0800. The molecule has 0 aromatic carbocycles. The summed E-state index contributed by atoms with van der Waals surface area (Å²) in [7, 11) is 0. The smallest absolute Gasteiger partial charge is 0.0100 e. The zero-order valence-electron chi connectivity index (χ0n) is 10.9. The van der Waals surface area contributed by atoms with E-state index in [4.69, 9.17) is 5.73 Å². The van der Waals surface area contributed by atoms with Gasteiger partial charge in [0, 0.05) is 6.04 Å². The molecule has 2 heteroatoms. The Labute approximate surface area is 95.2 Å². The summed E-state index contributed by atoms with van der Waals surface area (Å²) < 4.78 is 0. The first-order chi connectivity index (χ1) is 6.96. The van der Waals surface area contributed by atoms with Crippen molar-refractivity contribution in [3.05, 3.63) is 0 Å². The lowest BCUT2D eigenvalue weighted by molar-refractivity contribution is 0.0415.